The Hall–Kier alpha value is -1.32. The van der Waals surface area contributed by atoms with E-state index in [2.05, 4.69) is 60.6 Å². The summed E-state index contributed by atoms with van der Waals surface area (Å²) in [5.41, 5.74) is 3.01. The molecule has 1 aromatic rings. The van der Waals surface area contributed by atoms with Crippen molar-refractivity contribution < 1.29 is 22.1 Å². The van der Waals surface area contributed by atoms with Crippen molar-refractivity contribution in [2.24, 2.45) is 0 Å². The van der Waals surface area contributed by atoms with Crippen LogP contribution in [0.5, 0.6) is 0 Å². The van der Waals surface area contributed by atoms with Crippen molar-refractivity contribution in [2.75, 3.05) is 13.1 Å². The van der Waals surface area contributed by atoms with Gasteiger partial charge in [-0.3, -0.25) is 4.58 Å². The van der Waals surface area contributed by atoms with Crippen molar-refractivity contribution in [3.8, 4) is 0 Å². The Bertz CT molecular complexity index is 788. The first kappa shape index (κ1) is 28.9. The number of unbranched alkanes of at least 4 members (excludes halogenated alkanes) is 11. The van der Waals surface area contributed by atoms with Gasteiger partial charge in [0.05, 0.1) is 13.1 Å². The van der Waals surface area contributed by atoms with Gasteiger partial charge in [0.1, 0.15) is 6.54 Å². The maximum Gasteiger partial charge on any atom is 0.277 e. The van der Waals surface area contributed by atoms with Crippen LogP contribution in [0.15, 0.2) is 41.5 Å². The zero-order chi connectivity index (χ0) is 23.5. The highest BCUT2D eigenvalue weighted by Crippen LogP contribution is 2.39. The minimum atomic E-state index is -0.784. The number of nitrogens with zero attached hydrogens (tertiary/aromatic N) is 2. The molecule has 2 heterocycles. The third-order valence-electron chi connectivity index (χ3n) is 7.91. The standard InChI is InChI=1S/C30H49N2O.ClH/c1-4-5-6-7-8-9-10-11-12-13-14-18-22-30(33)27(3)26(2)29-31(23-19-24-32(29)30)25-28-20-16-15-17-21-28;/h15-17,20-21,33H,4-14,18-19,22-25H2,1-3H3;1H/q+1;/p-1. The number of halogens is 1. The Morgan fingerprint density at radius 3 is 2.00 bits per heavy atom. The summed E-state index contributed by atoms with van der Waals surface area (Å²) in [7, 11) is 0. The smallest absolute Gasteiger partial charge is 0.277 e. The van der Waals surface area contributed by atoms with Crippen LogP contribution in [0.3, 0.4) is 0 Å². The van der Waals surface area contributed by atoms with Crippen LogP contribution < -0.4 is 12.4 Å². The first-order valence-corrected chi connectivity index (χ1v) is 13.9. The molecule has 1 unspecified atom stereocenters. The molecule has 0 amide bonds. The van der Waals surface area contributed by atoms with E-state index in [4.69, 9.17) is 0 Å². The number of hydrogen-bond donors (Lipinski definition) is 1. The zero-order valence-corrected chi connectivity index (χ0v) is 22.9. The van der Waals surface area contributed by atoms with Gasteiger partial charge in [0.15, 0.2) is 0 Å². The predicted octanol–water partition coefficient (Wildman–Crippen LogP) is 4.44. The van der Waals surface area contributed by atoms with Crippen LogP contribution in [-0.4, -0.2) is 39.2 Å². The molecular weight excluding hydrogens is 440 g/mol. The van der Waals surface area contributed by atoms with E-state index in [1.54, 1.807) is 0 Å². The molecule has 0 radical (unpaired) electrons. The molecule has 1 atom stereocenters. The molecule has 1 aromatic carbocycles. The molecule has 0 fully saturated rings. The Labute approximate surface area is 215 Å². The lowest BCUT2D eigenvalue weighted by molar-refractivity contribution is -0.554. The fourth-order valence-electron chi connectivity index (χ4n) is 5.77. The van der Waals surface area contributed by atoms with Crippen LogP contribution in [0.2, 0.25) is 0 Å². The van der Waals surface area contributed by atoms with Gasteiger partial charge in [0.2, 0.25) is 5.72 Å². The Morgan fingerprint density at radius 2 is 1.41 bits per heavy atom. The van der Waals surface area contributed by atoms with E-state index in [1.807, 2.05) is 0 Å². The molecule has 2 aliphatic rings. The first-order chi connectivity index (χ1) is 16.1. The highest BCUT2D eigenvalue weighted by Gasteiger charge is 2.53. The van der Waals surface area contributed by atoms with E-state index < -0.39 is 5.72 Å². The average molecular weight is 489 g/mol. The topological polar surface area (TPSA) is 26.5 Å². The van der Waals surface area contributed by atoms with Gasteiger partial charge in [-0.15, -0.1) is 0 Å². The molecule has 0 spiro atoms. The molecule has 2 aliphatic heterocycles. The van der Waals surface area contributed by atoms with Crippen LogP contribution >= 0.6 is 0 Å². The SMILES string of the molecule is CCCCCCCCCCCCCCC1(O)C(C)=C(C)C2=[N+](Cc3ccccc3)CCCN21.[Cl-]. The van der Waals surface area contributed by atoms with Gasteiger partial charge in [-0.1, -0.05) is 108 Å². The molecule has 1 N–H and O–H groups in total. The second-order valence-corrected chi connectivity index (χ2v) is 10.4. The number of amidine groups is 1. The van der Waals surface area contributed by atoms with Gasteiger partial charge in [-0.2, -0.15) is 0 Å². The van der Waals surface area contributed by atoms with Gasteiger partial charge in [0.25, 0.3) is 5.84 Å². The van der Waals surface area contributed by atoms with Gasteiger partial charge in [0, 0.05) is 24.0 Å². The van der Waals surface area contributed by atoms with Gasteiger partial charge in [-0.05, 0) is 25.8 Å². The second-order valence-electron chi connectivity index (χ2n) is 10.4. The van der Waals surface area contributed by atoms with E-state index in [-0.39, 0.29) is 12.4 Å². The molecule has 0 aliphatic carbocycles. The van der Waals surface area contributed by atoms with Crippen LogP contribution in [-0.2, 0) is 6.54 Å². The molecule has 0 bridgehead atoms. The minimum absolute atomic E-state index is 0. The molecule has 0 saturated heterocycles. The summed E-state index contributed by atoms with van der Waals surface area (Å²) in [6.07, 6.45) is 18.2. The molecule has 4 heteroatoms. The van der Waals surface area contributed by atoms with Crippen LogP contribution in [0.25, 0.3) is 0 Å². The van der Waals surface area contributed by atoms with Gasteiger partial charge >= 0.3 is 0 Å². The molecule has 3 nitrogen and oxygen atoms in total. The number of hydrogen-bond acceptors (Lipinski definition) is 2. The third kappa shape index (κ3) is 7.59. The molecular formula is C30H49ClN2O. The predicted molar refractivity (Wildman–Crippen MR) is 141 cm³/mol. The largest absolute Gasteiger partial charge is 1.00 e. The highest BCUT2D eigenvalue weighted by molar-refractivity contribution is 5.98. The Balaban J connectivity index is 0.00000408. The quantitative estimate of drug-likeness (QED) is 0.292. The van der Waals surface area contributed by atoms with Gasteiger partial charge in [-0.25, -0.2) is 4.90 Å². The summed E-state index contributed by atoms with van der Waals surface area (Å²) in [4.78, 5) is 2.32. The number of benzene rings is 1. The lowest BCUT2D eigenvalue weighted by Crippen LogP contribution is -3.00. The van der Waals surface area contributed by atoms with Crippen molar-refractivity contribution in [3.05, 3.63) is 47.0 Å². The minimum Gasteiger partial charge on any atom is -1.00 e. The summed E-state index contributed by atoms with van der Waals surface area (Å²) < 4.78 is 2.48. The Morgan fingerprint density at radius 1 is 0.853 bits per heavy atom. The summed E-state index contributed by atoms with van der Waals surface area (Å²) in [6, 6.07) is 10.7. The first-order valence-electron chi connectivity index (χ1n) is 13.9. The maximum absolute atomic E-state index is 11.8. The fraction of sp³-hybridized carbons (Fsp3) is 0.700. The lowest BCUT2D eigenvalue weighted by atomic mass is 9.96. The second kappa shape index (κ2) is 14.9. The number of fused-ring (bicyclic) bond motifs is 1. The summed E-state index contributed by atoms with van der Waals surface area (Å²) in [6.45, 7) is 9.60. The van der Waals surface area contributed by atoms with E-state index in [0.717, 1.165) is 38.9 Å². The van der Waals surface area contributed by atoms with E-state index >= 15 is 0 Å². The van der Waals surface area contributed by atoms with Crippen molar-refractivity contribution >= 4 is 5.84 Å². The zero-order valence-electron chi connectivity index (χ0n) is 22.1. The van der Waals surface area contributed by atoms with Crippen molar-refractivity contribution in [2.45, 2.75) is 123 Å². The highest BCUT2D eigenvalue weighted by atomic mass is 35.5. The maximum atomic E-state index is 11.8. The molecule has 0 saturated carbocycles. The summed E-state index contributed by atoms with van der Waals surface area (Å²) in [5, 5.41) is 11.8. The van der Waals surface area contributed by atoms with E-state index in [0.29, 0.717) is 0 Å². The third-order valence-corrected chi connectivity index (χ3v) is 7.91. The Kier molecular flexibility index (Phi) is 12.7. The van der Waals surface area contributed by atoms with Crippen molar-refractivity contribution in [1.82, 2.24) is 4.90 Å². The molecule has 0 aromatic heterocycles. The van der Waals surface area contributed by atoms with E-state index in [9.17, 15) is 5.11 Å². The molecule has 34 heavy (non-hydrogen) atoms. The molecule has 192 valence electrons. The van der Waals surface area contributed by atoms with E-state index in [1.165, 1.54) is 93.2 Å². The lowest BCUT2D eigenvalue weighted by Gasteiger charge is -2.34. The van der Waals surface area contributed by atoms with Crippen LogP contribution in [0.1, 0.15) is 116 Å². The summed E-state index contributed by atoms with van der Waals surface area (Å²) in [5.74, 6) is 1.27. The molecule has 3 rings (SSSR count). The van der Waals surface area contributed by atoms with Crippen molar-refractivity contribution in [3.63, 3.8) is 0 Å². The van der Waals surface area contributed by atoms with Gasteiger partial charge < -0.3 is 17.5 Å². The van der Waals surface area contributed by atoms with Crippen molar-refractivity contribution in [1.29, 1.82) is 0 Å². The fourth-order valence-corrected chi connectivity index (χ4v) is 5.77. The van der Waals surface area contributed by atoms with Crippen LogP contribution in [0, 0.1) is 0 Å². The average Bonchev–Trinajstić information content (AvgIpc) is 3.02. The number of rotatable bonds is 15. The number of aliphatic hydroxyl groups is 1. The normalized spacial score (nSPS) is 20.1. The van der Waals surface area contributed by atoms with Crippen LogP contribution in [0.4, 0.5) is 0 Å². The summed E-state index contributed by atoms with van der Waals surface area (Å²) >= 11 is 0. The monoisotopic (exact) mass is 488 g/mol.